The van der Waals surface area contributed by atoms with Crippen molar-refractivity contribution in [3.8, 4) is 0 Å². The molecular formula is C11H11BrF3NO2. The molecular weight excluding hydrogens is 315 g/mol. The molecule has 1 aromatic carbocycles. The summed E-state index contributed by atoms with van der Waals surface area (Å²) in [6.07, 6.45) is -4.47. The highest BCUT2D eigenvalue weighted by Gasteiger charge is 2.27. The Hall–Kier alpha value is -1.08. The third-order valence-electron chi connectivity index (χ3n) is 2.06. The summed E-state index contributed by atoms with van der Waals surface area (Å²) in [7, 11) is 0. The second kappa shape index (κ2) is 6.19. The van der Waals surface area contributed by atoms with Gasteiger partial charge in [0.25, 0.3) is 0 Å². The Balaban J connectivity index is 2.43. The van der Waals surface area contributed by atoms with E-state index >= 15 is 0 Å². The summed E-state index contributed by atoms with van der Waals surface area (Å²) in [5, 5.41) is 0. The zero-order valence-corrected chi connectivity index (χ0v) is 10.8. The molecule has 2 N–H and O–H groups in total. The number of rotatable bonds is 5. The number of nitrogens with two attached hydrogens (primary N) is 1. The maximum atomic E-state index is 11.8. The Morgan fingerprint density at radius 1 is 1.39 bits per heavy atom. The van der Waals surface area contributed by atoms with E-state index in [2.05, 4.69) is 20.7 Å². The Bertz CT molecular complexity index is 435. The average Bonchev–Trinajstić information content (AvgIpc) is 2.26. The summed E-state index contributed by atoms with van der Waals surface area (Å²) in [4.78, 5) is 11.6. The normalized spacial score (nSPS) is 11.6. The number of nitrogen functional groups attached to an aromatic ring is 1. The highest BCUT2D eigenvalue weighted by molar-refractivity contribution is 9.10. The van der Waals surface area contributed by atoms with Gasteiger partial charge in [0.1, 0.15) is 6.61 Å². The van der Waals surface area contributed by atoms with Crippen LogP contribution in [0.25, 0.3) is 0 Å². The molecule has 3 nitrogen and oxygen atoms in total. The molecule has 7 heteroatoms. The van der Waals surface area contributed by atoms with Crippen molar-refractivity contribution in [1.29, 1.82) is 0 Å². The van der Waals surface area contributed by atoms with Crippen molar-refractivity contribution >= 4 is 27.4 Å². The minimum absolute atomic E-state index is 0.105. The van der Waals surface area contributed by atoms with Crippen LogP contribution in [0.1, 0.15) is 16.8 Å². The van der Waals surface area contributed by atoms with E-state index in [1.165, 1.54) is 12.1 Å². The molecule has 0 radical (unpaired) electrons. The van der Waals surface area contributed by atoms with Gasteiger partial charge in [-0.2, -0.15) is 13.2 Å². The van der Waals surface area contributed by atoms with Gasteiger partial charge in [-0.15, -0.1) is 0 Å². The van der Waals surface area contributed by atoms with E-state index in [1.54, 1.807) is 6.07 Å². The average molecular weight is 326 g/mol. The summed E-state index contributed by atoms with van der Waals surface area (Å²) < 4.78 is 40.2. The lowest BCUT2D eigenvalue weighted by molar-refractivity contribution is -0.173. The summed E-state index contributed by atoms with van der Waals surface area (Å²) >= 11 is 3.17. The van der Waals surface area contributed by atoms with Gasteiger partial charge in [0.15, 0.2) is 5.78 Å². The lowest BCUT2D eigenvalue weighted by atomic mass is 10.1. The monoisotopic (exact) mass is 325 g/mol. The molecule has 0 saturated carbocycles. The van der Waals surface area contributed by atoms with Crippen LogP contribution in [-0.4, -0.2) is 25.2 Å². The fraction of sp³-hybridized carbons (Fsp3) is 0.364. The maximum Gasteiger partial charge on any atom is 0.411 e. The summed E-state index contributed by atoms with van der Waals surface area (Å²) in [6.45, 7) is -1.61. The number of benzene rings is 1. The van der Waals surface area contributed by atoms with E-state index < -0.39 is 12.8 Å². The highest BCUT2D eigenvalue weighted by atomic mass is 79.9. The standard InChI is InChI=1S/C11H11BrF3NO2/c12-8-5-7(1-2-9(8)16)10(17)3-4-18-6-11(13,14)15/h1-2,5H,3-4,6,16H2. The predicted molar refractivity (Wildman–Crippen MR) is 64.4 cm³/mol. The molecule has 0 aliphatic carbocycles. The summed E-state index contributed by atoms with van der Waals surface area (Å²) in [5.41, 5.74) is 6.42. The van der Waals surface area contributed by atoms with E-state index in [0.29, 0.717) is 15.7 Å². The Morgan fingerprint density at radius 2 is 2.06 bits per heavy atom. The van der Waals surface area contributed by atoms with Gasteiger partial charge in [-0.3, -0.25) is 4.79 Å². The second-order valence-electron chi connectivity index (χ2n) is 3.58. The highest BCUT2D eigenvalue weighted by Crippen LogP contribution is 2.21. The lowest BCUT2D eigenvalue weighted by Gasteiger charge is -2.07. The number of halogens is 4. The van der Waals surface area contributed by atoms with Crippen molar-refractivity contribution < 1.29 is 22.7 Å². The Labute approximate surface area is 110 Å². The van der Waals surface area contributed by atoms with Crippen LogP contribution >= 0.6 is 15.9 Å². The molecule has 0 saturated heterocycles. The van der Waals surface area contributed by atoms with Gasteiger partial charge >= 0.3 is 6.18 Å². The van der Waals surface area contributed by atoms with Crippen molar-refractivity contribution in [2.75, 3.05) is 18.9 Å². The van der Waals surface area contributed by atoms with Gasteiger partial charge in [0, 0.05) is 22.1 Å². The number of anilines is 1. The van der Waals surface area contributed by atoms with Crippen LogP contribution in [0.4, 0.5) is 18.9 Å². The first kappa shape index (κ1) is 15.0. The van der Waals surface area contributed by atoms with Gasteiger partial charge in [-0.1, -0.05) is 0 Å². The molecule has 1 rings (SSSR count). The number of alkyl halides is 3. The zero-order chi connectivity index (χ0) is 13.8. The van der Waals surface area contributed by atoms with E-state index in [1.807, 2.05) is 0 Å². The van der Waals surface area contributed by atoms with E-state index in [9.17, 15) is 18.0 Å². The number of carbonyl (C=O) groups excluding carboxylic acids is 1. The van der Waals surface area contributed by atoms with Gasteiger partial charge in [0.05, 0.1) is 6.61 Å². The quantitative estimate of drug-likeness (QED) is 0.514. The predicted octanol–water partition coefficient (Wildman–Crippen LogP) is 3.18. The molecule has 0 amide bonds. The van der Waals surface area contributed by atoms with Gasteiger partial charge in [-0.05, 0) is 34.1 Å². The van der Waals surface area contributed by atoms with Crippen molar-refractivity contribution in [2.45, 2.75) is 12.6 Å². The van der Waals surface area contributed by atoms with Crippen LogP contribution < -0.4 is 5.73 Å². The van der Waals surface area contributed by atoms with Crippen molar-refractivity contribution in [2.24, 2.45) is 0 Å². The van der Waals surface area contributed by atoms with Crippen LogP contribution in [0, 0.1) is 0 Å². The fourth-order valence-corrected chi connectivity index (χ4v) is 1.58. The molecule has 0 fully saturated rings. The summed E-state index contributed by atoms with van der Waals surface area (Å²) in [5.74, 6) is -0.294. The number of ether oxygens (including phenoxy) is 1. The van der Waals surface area contributed by atoms with Crippen LogP contribution in [0.15, 0.2) is 22.7 Å². The SMILES string of the molecule is Nc1ccc(C(=O)CCOCC(F)(F)F)cc1Br. The molecule has 100 valence electrons. The zero-order valence-electron chi connectivity index (χ0n) is 9.26. The van der Waals surface area contributed by atoms with Crippen molar-refractivity contribution in [3.05, 3.63) is 28.2 Å². The van der Waals surface area contributed by atoms with E-state index in [0.717, 1.165) is 0 Å². The number of hydrogen-bond acceptors (Lipinski definition) is 3. The molecule has 0 aromatic heterocycles. The molecule has 0 atom stereocenters. The lowest BCUT2D eigenvalue weighted by Crippen LogP contribution is -2.18. The minimum atomic E-state index is -4.37. The third-order valence-corrected chi connectivity index (χ3v) is 2.75. The minimum Gasteiger partial charge on any atom is -0.398 e. The Kier molecular flexibility index (Phi) is 5.15. The Morgan fingerprint density at radius 3 is 2.61 bits per heavy atom. The van der Waals surface area contributed by atoms with E-state index in [-0.39, 0.29) is 18.8 Å². The smallest absolute Gasteiger partial charge is 0.398 e. The van der Waals surface area contributed by atoms with Crippen LogP contribution in [-0.2, 0) is 4.74 Å². The van der Waals surface area contributed by atoms with Crippen LogP contribution in [0.3, 0.4) is 0 Å². The van der Waals surface area contributed by atoms with E-state index in [4.69, 9.17) is 5.73 Å². The second-order valence-corrected chi connectivity index (χ2v) is 4.43. The first-order valence-electron chi connectivity index (χ1n) is 5.02. The molecule has 0 spiro atoms. The number of Topliss-reactive ketones (excluding diaryl/α,β-unsaturated/α-hetero) is 1. The topological polar surface area (TPSA) is 52.3 Å². The molecule has 0 aliphatic rings. The summed E-state index contributed by atoms with van der Waals surface area (Å²) in [6, 6.07) is 4.60. The third kappa shape index (κ3) is 5.05. The maximum absolute atomic E-state index is 11.8. The molecule has 1 aromatic rings. The largest absolute Gasteiger partial charge is 0.411 e. The molecule has 18 heavy (non-hydrogen) atoms. The molecule has 0 heterocycles. The van der Waals surface area contributed by atoms with Gasteiger partial charge < -0.3 is 10.5 Å². The van der Waals surface area contributed by atoms with Crippen molar-refractivity contribution in [1.82, 2.24) is 0 Å². The molecule has 0 bridgehead atoms. The first-order valence-corrected chi connectivity index (χ1v) is 5.81. The first-order chi connectivity index (χ1) is 8.29. The molecule has 0 aliphatic heterocycles. The fourth-order valence-electron chi connectivity index (χ4n) is 1.20. The van der Waals surface area contributed by atoms with Gasteiger partial charge in [-0.25, -0.2) is 0 Å². The van der Waals surface area contributed by atoms with Crippen molar-refractivity contribution in [3.63, 3.8) is 0 Å². The van der Waals surface area contributed by atoms with Crippen LogP contribution in [0.2, 0.25) is 0 Å². The number of carbonyl (C=O) groups is 1. The van der Waals surface area contributed by atoms with Crippen LogP contribution in [0.5, 0.6) is 0 Å². The number of ketones is 1. The molecule has 0 unspecified atom stereocenters. The number of hydrogen-bond donors (Lipinski definition) is 1. The van der Waals surface area contributed by atoms with Gasteiger partial charge in [0.2, 0.25) is 0 Å².